The summed E-state index contributed by atoms with van der Waals surface area (Å²) in [5, 5.41) is 11.6. The maximum absolute atomic E-state index is 8.58. The van der Waals surface area contributed by atoms with Crippen LogP contribution in [0, 0.1) is 17.4 Å². The lowest BCUT2D eigenvalue weighted by Crippen LogP contribution is -1.69. The Balaban J connectivity index is 2.79. The number of hydrogen-bond donors (Lipinski definition) is 0. The average Bonchev–Trinajstić information content (AvgIpc) is 2.50. The largest absolute Gasteiger partial charge is 0.192 e. The predicted octanol–water partition coefficient (Wildman–Crippen LogP) is 2.57. The van der Waals surface area contributed by atoms with Crippen molar-refractivity contribution in [3.8, 4) is 6.07 Å². The Bertz CT molecular complexity index is 422. The van der Waals surface area contributed by atoms with Gasteiger partial charge in [0.15, 0.2) is 0 Å². The molecule has 0 saturated heterocycles. The monoisotopic (exact) mass is 158 g/mol. The zero-order valence-electron chi connectivity index (χ0n) is 5.66. The van der Waals surface area contributed by atoms with E-state index in [0.717, 1.165) is 10.1 Å². The van der Waals surface area contributed by atoms with Crippen molar-refractivity contribution in [1.29, 1.82) is 5.26 Å². The molecule has 51 valence electrons. The second kappa shape index (κ2) is 2.37. The normalized spacial score (nSPS) is 9.73. The van der Waals surface area contributed by atoms with Crippen molar-refractivity contribution >= 4 is 21.4 Å². The first kappa shape index (κ1) is 6.38. The molecule has 1 aromatic carbocycles. The standard InChI is InChI=1S/C9H4NS/c10-6-7-1-2-8-3-4-11-9(8)5-7/h1-2,4-5H. The number of hydrogen-bond acceptors (Lipinski definition) is 2. The molecule has 1 radical (unpaired) electrons. The van der Waals surface area contributed by atoms with Crippen molar-refractivity contribution in [1.82, 2.24) is 0 Å². The Hall–Kier alpha value is -1.33. The highest BCUT2D eigenvalue weighted by molar-refractivity contribution is 7.17. The van der Waals surface area contributed by atoms with E-state index in [1.165, 1.54) is 0 Å². The van der Waals surface area contributed by atoms with E-state index in [1.54, 1.807) is 11.3 Å². The molecule has 0 aliphatic heterocycles. The van der Waals surface area contributed by atoms with Crippen LogP contribution in [0.4, 0.5) is 0 Å². The van der Waals surface area contributed by atoms with E-state index in [-0.39, 0.29) is 0 Å². The van der Waals surface area contributed by atoms with Gasteiger partial charge in [0.1, 0.15) is 0 Å². The van der Waals surface area contributed by atoms with E-state index in [2.05, 4.69) is 12.1 Å². The first-order chi connectivity index (χ1) is 5.40. The topological polar surface area (TPSA) is 23.8 Å². The lowest BCUT2D eigenvalue weighted by Gasteiger charge is -1.87. The van der Waals surface area contributed by atoms with Gasteiger partial charge in [-0.2, -0.15) is 5.26 Å². The van der Waals surface area contributed by atoms with Crippen LogP contribution in [0.2, 0.25) is 0 Å². The predicted molar refractivity (Wildman–Crippen MR) is 45.4 cm³/mol. The highest BCUT2D eigenvalue weighted by Crippen LogP contribution is 2.20. The van der Waals surface area contributed by atoms with Crippen LogP contribution in [0.1, 0.15) is 5.56 Å². The summed E-state index contributed by atoms with van der Waals surface area (Å²) in [6.45, 7) is 0. The van der Waals surface area contributed by atoms with Crippen LogP contribution in [0.5, 0.6) is 0 Å². The molecule has 2 heteroatoms. The van der Waals surface area contributed by atoms with Gasteiger partial charge in [0.05, 0.1) is 11.6 Å². The van der Waals surface area contributed by atoms with Gasteiger partial charge in [-0.25, -0.2) is 0 Å². The Morgan fingerprint density at radius 1 is 1.45 bits per heavy atom. The van der Waals surface area contributed by atoms with Crippen molar-refractivity contribution in [2.75, 3.05) is 0 Å². The molecular formula is C9H4NS. The SMILES string of the molecule is N#Cc1ccc2[c]csc2c1. The van der Waals surface area contributed by atoms with E-state index in [0.29, 0.717) is 5.56 Å². The minimum Gasteiger partial charge on any atom is -0.192 e. The Morgan fingerprint density at radius 2 is 2.36 bits per heavy atom. The molecule has 0 atom stereocenters. The number of nitriles is 1. The third kappa shape index (κ3) is 0.997. The van der Waals surface area contributed by atoms with Crippen molar-refractivity contribution in [2.45, 2.75) is 0 Å². The first-order valence-electron chi connectivity index (χ1n) is 3.19. The molecule has 0 aliphatic rings. The van der Waals surface area contributed by atoms with Gasteiger partial charge in [0.25, 0.3) is 0 Å². The highest BCUT2D eigenvalue weighted by Gasteiger charge is 1.95. The summed E-state index contributed by atoms with van der Waals surface area (Å²) in [6, 6.07) is 10.8. The summed E-state index contributed by atoms with van der Waals surface area (Å²) in [4.78, 5) is 0. The fourth-order valence-electron chi connectivity index (χ4n) is 0.965. The lowest BCUT2D eigenvalue weighted by atomic mass is 10.2. The highest BCUT2D eigenvalue weighted by atomic mass is 32.1. The molecule has 2 rings (SSSR count). The molecule has 1 heterocycles. The number of thiophene rings is 1. The molecule has 0 amide bonds. The molecule has 1 aromatic heterocycles. The molecule has 0 saturated carbocycles. The third-order valence-corrected chi connectivity index (χ3v) is 2.34. The van der Waals surface area contributed by atoms with E-state index < -0.39 is 0 Å². The summed E-state index contributed by atoms with van der Waals surface area (Å²) in [5.41, 5.74) is 0.716. The summed E-state index contributed by atoms with van der Waals surface area (Å²) in [6.07, 6.45) is 0. The molecule has 0 N–H and O–H groups in total. The number of fused-ring (bicyclic) bond motifs is 1. The number of nitrogens with zero attached hydrogens (tertiary/aromatic N) is 1. The Labute approximate surface area is 68.5 Å². The molecular weight excluding hydrogens is 154 g/mol. The van der Waals surface area contributed by atoms with Gasteiger partial charge in [-0.15, -0.1) is 11.3 Å². The fourth-order valence-corrected chi connectivity index (χ4v) is 1.73. The number of rotatable bonds is 0. The molecule has 11 heavy (non-hydrogen) atoms. The quantitative estimate of drug-likeness (QED) is 0.578. The molecule has 0 spiro atoms. The zero-order chi connectivity index (χ0) is 7.68. The summed E-state index contributed by atoms with van der Waals surface area (Å²) in [5.74, 6) is 0. The minimum atomic E-state index is 0.716. The van der Waals surface area contributed by atoms with Gasteiger partial charge in [-0.05, 0) is 17.5 Å². The van der Waals surface area contributed by atoms with E-state index in [4.69, 9.17) is 5.26 Å². The van der Waals surface area contributed by atoms with E-state index >= 15 is 0 Å². The van der Waals surface area contributed by atoms with Gasteiger partial charge >= 0.3 is 0 Å². The van der Waals surface area contributed by atoms with Crippen molar-refractivity contribution in [3.05, 3.63) is 35.2 Å². The van der Waals surface area contributed by atoms with E-state index in [9.17, 15) is 0 Å². The molecule has 0 fully saturated rings. The Morgan fingerprint density at radius 3 is 3.18 bits per heavy atom. The fraction of sp³-hybridized carbons (Fsp3) is 0. The lowest BCUT2D eigenvalue weighted by molar-refractivity contribution is 1.50. The molecule has 1 nitrogen and oxygen atoms in total. The van der Waals surface area contributed by atoms with Crippen LogP contribution >= 0.6 is 11.3 Å². The van der Waals surface area contributed by atoms with Gasteiger partial charge in [-0.1, -0.05) is 6.07 Å². The minimum absolute atomic E-state index is 0.716. The third-order valence-electron chi connectivity index (χ3n) is 1.51. The van der Waals surface area contributed by atoms with Crippen LogP contribution in [-0.4, -0.2) is 0 Å². The van der Waals surface area contributed by atoms with Crippen molar-refractivity contribution < 1.29 is 0 Å². The van der Waals surface area contributed by atoms with Crippen LogP contribution in [0.15, 0.2) is 23.6 Å². The molecule has 0 unspecified atom stereocenters. The first-order valence-corrected chi connectivity index (χ1v) is 4.07. The maximum atomic E-state index is 8.58. The molecule has 0 bridgehead atoms. The zero-order valence-corrected chi connectivity index (χ0v) is 6.48. The smallest absolute Gasteiger partial charge is 0.0992 e. The second-order valence-corrected chi connectivity index (χ2v) is 3.11. The van der Waals surface area contributed by atoms with Crippen LogP contribution in [-0.2, 0) is 0 Å². The van der Waals surface area contributed by atoms with Gasteiger partial charge < -0.3 is 0 Å². The van der Waals surface area contributed by atoms with E-state index in [1.807, 2.05) is 23.6 Å². The average molecular weight is 158 g/mol. The van der Waals surface area contributed by atoms with Crippen molar-refractivity contribution in [2.24, 2.45) is 0 Å². The van der Waals surface area contributed by atoms with Gasteiger partial charge in [-0.3, -0.25) is 0 Å². The molecule has 0 aliphatic carbocycles. The summed E-state index contributed by atoms with van der Waals surface area (Å²) >= 11 is 1.61. The van der Waals surface area contributed by atoms with Gasteiger partial charge in [0, 0.05) is 16.2 Å². The van der Waals surface area contributed by atoms with Crippen LogP contribution in [0.3, 0.4) is 0 Å². The van der Waals surface area contributed by atoms with Crippen molar-refractivity contribution in [3.63, 3.8) is 0 Å². The maximum Gasteiger partial charge on any atom is 0.0992 e. The number of benzene rings is 1. The second-order valence-electron chi connectivity index (χ2n) is 2.20. The van der Waals surface area contributed by atoms with Crippen LogP contribution in [0.25, 0.3) is 10.1 Å². The van der Waals surface area contributed by atoms with Crippen LogP contribution < -0.4 is 0 Å². The summed E-state index contributed by atoms with van der Waals surface area (Å²) in [7, 11) is 0. The molecule has 2 aromatic rings. The Kier molecular flexibility index (Phi) is 1.38. The van der Waals surface area contributed by atoms with Gasteiger partial charge in [0.2, 0.25) is 0 Å². The summed E-state index contributed by atoms with van der Waals surface area (Å²) < 4.78 is 1.13.